The quantitative estimate of drug-likeness (QED) is 0.925. The zero-order chi connectivity index (χ0) is 14.2. The van der Waals surface area contributed by atoms with Gasteiger partial charge in [-0.25, -0.2) is 9.97 Å². The fourth-order valence-corrected chi connectivity index (χ4v) is 2.75. The van der Waals surface area contributed by atoms with Crippen LogP contribution in [0.25, 0.3) is 0 Å². The molecule has 1 saturated heterocycles. The molecule has 1 aromatic rings. The summed E-state index contributed by atoms with van der Waals surface area (Å²) in [6.45, 7) is 1.82. The zero-order valence-electron chi connectivity index (χ0n) is 11.0. The van der Waals surface area contributed by atoms with E-state index in [-0.39, 0.29) is 6.04 Å². The van der Waals surface area contributed by atoms with Gasteiger partial charge >= 0.3 is 6.18 Å². The number of nitrogens with one attached hydrogen (secondary N) is 1. The molecule has 0 atom stereocenters. The van der Waals surface area contributed by atoms with Crippen LogP contribution in [0.3, 0.4) is 0 Å². The summed E-state index contributed by atoms with van der Waals surface area (Å²) >= 11 is 0. The molecule has 7 heteroatoms. The molecule has 4 nitrogen and oxygen atoms in total. The van der Waals surface area contributed by atoms with Crippen molar-refractivity contribution >= 4 is 5.82 Å². The molecule has 1 aliphatic carbocycles. The van der Waals surface area contributed by atoms with Crippen LogP contribution in [0.15, 0.2) is 12.4 Å². The Morgan fingerprint density at radius 1 is 1.05 bits per heavy atom. The molecule has 1 saturated carbocycles. The van der Waals surface area contributed by atoms with Crippen molar-refractivity contribution < 1.29 is 13.2 Å². The van der Waals surface area contributed by atoms with Gasteiger partial charge in [0.05, 0.1) is 0 Å². The van der Waals surface area contributed by atoms with E-state index in [1.54, 1.807) is 0 Å². The first kappa shape index (κ1) is 13.6. The minimum atomic E-state index is -4.42. The number of hydrogen-bond donors (Lipinski definition) is 1. The van der Waals surface area contributed by atoms with E-state index < -0.39 is 11.9 Å². The Bertz CT molecular complexity index is 467. The summed E-state index contributed by atoms with van der Waals surface area (Å²) in [5.74, 6) is 0.418. The number of rotatable bonds is 3. The van der Waals surface area contributed by atoms with Gasteiger partial charge in [-0.15, -0.1) is 0 Å². The lowest BCUT2D eigenvalue weighted by molar-refractivity contribution is -0.141. The van der Waals surface area contributed by atoms with Crippen LogP contribution >= 0.6 is 0 Å². The predicted molar refractivity (Wildman–Crippen MR) is 68.4 cm³/mol. The molecular weight excluding hydrogens is 269 g/mol. The second-order valence-corrected chi connectivity index (χ2v) is 5.38. The van der Waals surface area contributed by atoms with E-state index in [9.17, 15) is 13.2 Å². The van der Waals surface area contributed by atoms with Crippen molar-refractivity contribution in [3.63, 3.8) is 0 Å². The first-order valence-electron chi connectivity index (χ1n) is 6.94. The van der Waals surface area contributed by atoms with E-state index in [2.05, 4.69) is 20.2 Å². The lowest BCUT2D eigenvalue weighted by Gasteiger charge is -2.35. The normalized spacial score (nSPS) is 20.9. The summed E-state index contributed by atoms with van der Waals surface area (Å²) in [5.41, 5.74) is -0.859. The van der Waals surface area contributed by atoms with Crippen molar-refractivity contribution in [3.8, 4) is 0 Å². The third-order valence-electron chi connectivity index (χ3n) is 3.85. The minimum Gasteiger partial charge on any atom is -0.350 e. The highest BCUT2D eigenvalue weighted by atomic mass is 19.4. The molecular formula is C13H17F3N4. The lowest BCUT2D eigenvalue weighted by Crippen LogP contribution is -2.45. The van der Waals surface area contributed by atoms with Crippen LogP contribution in [0.4, 0.5) is 19.0 Å². The Hall–Kier alpha value is -1.37. The van der Waals surface area contributed by atoms with Gasteiger partial charge in [0, 0.05) is 18.2 Å². The van der Waals surface area contributed by atoms with Crippen LogP contribution in [0, 0.1) is 0 Å². The van der Waals surface area contributed by atoms with Crippen LogP contribution in [-0.2, 0) is 6.18 Å². The third-order valence-corrected chi connectivity index (χ3v) is 3.85. The Kier molecular flexibility index (Phi) is 3.54. The zero-order valence-corrected chi connectivity index (χ0v) is 11.0. The Balaban J connectivity index is 1.87. The number of nitrogens with zero attached hydrogens (tertiary/aromatic N) is 3. The van der Waals surface area contributed by atoms with Crippen molar-refractivity contribution in [1.29, 1.82) is 0 Å². The largest absolute Gasteiger partial charge is 0.433 e. The van der Waals surface area contributed by atoms with Crippen LogP contribution < -0.4 is 10.2 Å². The van der Waals surface area contributed by atoms with Crippen molar-refractivity contribution in [2.45, 2.75) is 43.9 Å². The summed E-state index contributed by atoms with van der Waals surface area (Å²) in [4.78, 5) is 9.51. The SMILES string of the molecule is FC(F)(F)c1cc(N(C2CCNCC2)C2CC2)ncn1. The molecule has 3 rings (SSSR count). The Labute approximate surface area is 115 Å². The molecule has 0 spiro atoms. The highest BCUT2D eigenvalue weighted by Gasteiger charge is 2.38. The van der Waals surface area contributed by atoms with Gasteiger partial charge in [0.15, 0.2) is 0 Å². The summed E-state index contributed by atoms with van der Waals surface area (Å²) in [6, 6.07) is 1.70. The highest BCUT2D eigenvalue weighted by molar-refractivity contribution is 5.44. The highest BCUT2D eigenvalue weighted by Crippen LogP contribution is 2.36. The van der Waals surface area contributed by atoms with E-state index in [4.69, 9.17) is 0 Å². The number of aromatic nitrogens is 2. The first-order chi connectivity index (χ1) is 9.55. The average molecular weight is 286 g/mol. The Morgan fingerprint density at radius 2 is 1.70 bits per heavy atom. The van der Waals surface area contributed by atoms with Crippen LogP contribution in [0.1, 0.15) is 31.4 Å². The van der Waals surface area contributed by atoms with Gasteiger partial charge in [-0.2, -0.15) is 13.2 Å². The van der Waals surface area contributed by atoms with Crippen LogP contribution in [-0.4, -0.2) is 35.1 Å². The van der Waals surface area contributed by atoms with Crippen molar-refractivity contribution in [2.24, 2.45) is 0 Å². The van der Waals surface area contributed by atoms with Gasteiger partial charge in [-0.1, -0.05) is 0 Å². The van der Waals surface area contributed by atoms with E-state index in [0.717, 1.165) is 51.2 Å². The van der Waals surface area contributed by atoms with Gasteiger partial charge in [0.25, 0.3) is 0 Å². The monoisotopic (exact) mass is 286 g/mol. The van der Waals surface area contributed by atoms with Gasteiger partial charge in [0.1, 0.15) is 17.8 Å². The van der Waals surface area contributed by atoms with E-state index in [1.165, 1.54) is 0 Å². The van der Waals surface area contributed by atoms with E-state index in [1.807, 2.05) is 0 Å². The number of piperidine rings is 1. The molecule has 1 aromatic heterocycles. The molecule has 2 aliphatic rings. The Morgan fingerprint density at radius 3 is 2.30 bits per heavy atom. The van der Waals surface area contributed by atoms with Crippen molar-refractivity contribution in [3.05, 3.63) is 18.1 Å². The summed E-state index contributed by atoms with van der Waals surface area (Å²) in [6.07, 6.45) is 0.573. The molecule has 0 radical (unpaired) electrons. The summed E-state index contributed by atoms with van der Waals surface area (Å²) < 4.78 is 38.3. The molecule has 20 heavy (non-hydrogen) atoms. The van der Waals surface area contributed by atoms with Crippen LogP contribution in [0.2, 0.25) is 0 Å². The second kappa shape index (κ2) is 5.20. The van der Waals surface area contributed by atoms with Gasteiger partial charge in [0.2, 0.25) is 0 Å². The second-order valence-electron chi connectivity index (χ2n) is 5.38. The van der Waals surface area contributed by atoms with Crippen molar-refractivity contribution in [2.75, 3.05) is 18.0 Å². The summed E-state index contributed by atoms with van der Waals surface area (Å²) in [7, 11) is 0. The number of hydrogen-bond acceptors (Lipinski definition) is 4. The molecule has 2 heterocycles. The number of anilines is 1. The molecule has 2 fully saturated rings. The molecule has 1 aliphatic heterocycles. The predicted octanol–water partition coefficient (Wildman–Crippen LogP) is 2.22. The smallest absolute Gasteiger partial charge is 0.350 e. The first-order valence-corrected chi connectivity index (χ1v) is 6.94. The van der Waals surface area contributed by atoms with Gasteiger partial charge < -0.3 is 10.2 Å². The maximum absolute atomic E-state index is 12.8. The molecule has 0 unspecified atom stereocenters. The fraction of sp³-hybridized carbons (Fsp3) is 0.692. The lowest BCUT2D eigenvalue weighted by atomic mass is 10.0. The fourth-order valence-electron chi connectivity index (χ4n) is 2.75. The van der Waals surface area contributed by atoms with E-state index in [0.29, 0.717) is 11.9 Å². The molecule has 0 bridgehead atoms. The molecule has 1 N–H and O–H groups in total. The maximum Gasteiger partial charge on any atom is 0.433 e. The summed E-state index contributed by atoms with van der Waals surface area (Å²) in [5, 5.41) is 3.28. The van der Waals surface area contributed by atoms with Gasteiger partial charge in [-0.3, -0.25) is 0 Å². The average Bonchev–Trinajstić information content (AvgIpc) is 3.24. The molecule has 110 valence electrons. The number of alkyl halides is 3. The third kappa shape index (κ3) is 2.87. The van der Waals surface area contributed by atoms with Crippen molar-refractivity contribution in [1.82, 2.24) is 15.3 Å². The minimum absolute atomic E-state index is 0.278. The van der Waals surface area contributed by atoms with E-state index >= 15 is 0 Å². The molecule has 0 amide bonds. The topological polar surface area (TPSA) is 41.0 Å². The maximum atomic E-state index is 12.8. The van der Waals surface area contributed by atoms with Gasteiger partial charge in [-0.05, 0) is 38.8 Å². The molecule has 0 aromatic carbocycles. The standard InChI is InChI=1S/C13H17F3N4/c14-13(15,16)11-7-12(19-8-18-11)20(9-1-2-9)10-3-5-17-6-4-10/h7-10,17H,1-6H2. The van der Waals surface area contributed by atoms with Crippen LogP contribution in [0.5, 0.6) is 0 Å². The number of halogens is 3.